The highest BCUT2D eigenvalue weighted by atomic mass is 16.6. The summed E-state index contributed by atoms with van der Waals surface area (Å²) in [6, 6.07) is 2.06. The number of methoxy groups -OCH3 is 1. The molecule has 3 aliphatic carbocycles. The summed E-state index contributed by atoms with van der Waals surface area (Å²) in [4.78, 5) is 25.1. The summed E-state index contributed by atoms with van der Waals surface area (Å²) in [5.41, 5.74) is -0.425. The van der Waals surface area contributed by atoms with Crippen LogP contribution in [-0.4, -0.2) is 43.2 Å². The van der Waals surface area contributed by atoms with Gasteiger partial charge in [0.2, 0.25) is 0 Å². The Morgan fingerprint density at radius 3 is 2.80 bits per heavy atom. The summed E-state index contributed by atoms with van der Waals surface area (Å²) in [5.74, 6) is 0.802. The van der Waals surface area contributed by atoms with E-state index in [4.69, 9.17) is 18.6 Å². The lowest BCUT2D eigenvalue weighted by Crippen LogP contribution is -2.72. The van der Waals surface area contributed by atoms with Crippen molar-refractivity contribution in [2.24, 2.45) is 28.6 Å². The van der Waals surface area contributed by atoms with Crippen molar-refractivity contribution in [1.82, 2.24) is 0 Å². The largest absolute Gasteiger partial charge is 0.469 e. The van der Waals surface area contributed by atoms with Gasteiger partial charge in [0, 0.05) is 18.8 Å². The van der Waals surface area contributed by atoms with E-state index in [2.05, 4.69) is 13.0 Å². The van der Waals surface area contributed by atoms with E-state index < -0.39 is 35.2 Å². The molecule has 0 radical (unpaired) electrons. The number of furan rings is 1. The van der Waals surface area contributed by atoms with Crippen molar-refractivity contribution in [2.45, 2.75) is 64.3 Å². The van der Waals surface area contributed by atoms with Gasteiger partial charge < -0.3 is 23.7 Å². The molecule has 30 heavy (non-hydrogen) atoms. The summed E-state index contributed by atoms with van der Waals surface area (Å²) in [6.45, 7) is 3.60. The fraction of sp³-hybridized carbons (Fsp3) is 0.739. The van der Waals surface area contributed by atoms with Crippen LogP contribution in [0.2, 0.25) is 0 Å². The van der Waals surface area contributed by atoms with E-state index in [-0.39, 0.29) is 18.4 Å². The molecular weight excluding hydrogens is 388 g/mol. The molecule has 2 heterocycles. The van der Waals surface area contributed by atoms with Crippen molar-refractivity contribution in [3.63, 3.8) is 0 Å². The zero-order chi connectivity index (χ0) is 21.3. The molecule has 7 nitrogen and oxygen atoms in total. The molecule has 0 aromatic carbocycles. The maximum atomic E-state index is 13.2. The maximum Gasteiger partial charge on any atom is 0.318 e. The molecule has 2 saturated carbocycles. The first kappa shape index (κ1) is 20.1. The quantitative estimate of drug-likeness (QED) is 0.738. The van der Waals surface area contributed by atoms with Gasteiger partial charge in [-0.1, -0.05) is 6.92 Å². The molecule has 4 aliphatic rings. The minimum absolute atomic E-state index is 0.00411. The molecule has 8 atom stereocenters. The van der Waals surface area contributed by atoms with Crippen LogP contribution in [0, 0.1) is 28.6 Å². The highest BCUT2D eigenvalue weighted by Crippen LogP contribution is 2.69. The number of hydrogen-bond donors (Lipinski definition) is 1. The van der Waals surface area contributed by atoms with Gasteiger partial charge in [-0.2, -0.15) is 0 Å². The van der Waals surface area contributed by atoms with Gasteiger partial charge in [0.25, 0.3) is 0 Å². The van der Waals surface area contributed by atoms with Gasteiger partial charge >= 0.3 is 11.9 Å². The molecular formula is C23H30O7. The predicted octanol–water partition coefficient (Wildman–Crippen LogP) is 2.80. The van der Waals surface area contributed by atoms with Crippen LogP contribution in [0.25, 0.3) is 0 Å². The Morgan fingerprint density at radius 2 is 2.07 bits per heavy atom. The van der Waals surface area contributed by atoms with Crippen LogP contribution in [0.15, 0.2) is 16.7 Å². The molecule has 1 aromatic heterocycles. The number of fused-ring (bicyclic) bond motifs is 2. The van der Waals surface area contributed by atoms with Gasteiger partial charge in [0.15, 0.2) is 6.29 Å². The number of aliphatic hydroxyl groups is 1. The lowest BCUT2D eigenvalue weighted by atomic mass is 9.40. The lowest BCUT2D eigenvalue weighted by molar-refractivity contribution is -0.335. The molecule has 164 valence electrons. The third-order valence-electron chi connectivity index (χ3n) is 8.81. The Balaban J connectivity index is 1.63. The highest BCUT2D eigenvalue weighted by Gasteiger charge is 2.73. The van der Waals surface area contributed by atoms with E-state index in [0.717, 1.165) is 25.0 Å². The maximum absolute atomic E-state index is 13.2. The summed E-state index contributed by atoms with van der Waals surface area (Å²) in [5, 5.41) is 11.3. The van der Waals surface area contributed by atoms with E-state index >= 15 is 0 Å². The number of carbonyl (C=O) groups is 2. The second kappa shape index (κ2) is 6.82. The van der Waals surface area contributed by atoms with Crippen LogP contribution in [0.1, 0.15) is 56.8 Å². The smallest absolute Gasteiger partial charge is 0.318 e. The Bertz CT molecular complexity index is 861. The second-order valence-corrected chi connectivity index (χ2v) is 9.64. The van der Waals surface area contributed by atoms with Crippen LogP contribution in [0.5, 0.6) is 0 Å². The average molecular weight is 418 g/mol. The number of ether oxygens (including phenoxy) is 3. The summed E-state index contributed by atoms with van der Waals surface area (Å²) < 4.78 is 22.7. The Kier molecular flexibility index (Phi) is 4.56. The molecule has 0 amide bonds. The Hall–Kier alpha value is -1.86. The predicted molar refractivity (Wildman–Crippen MR) is 104 cm³/mol. The van der Waals surface area contributed by atoms with Gasteiger partial charge in [-0.15, -0.1) is 0 Å². The number of rotatable bonds is 2. The second-order valence-electron chi connectivity index (χ2n) is 9.64. The van der Waals surface area contributed by atoms with Gasteiger partial charge in [0.05, 0.1) is 20.0 Å². The van der Waals surface area contributed by atoms with Crippen LogP contribution < -0.4 is 0 Å². The van der Waals surface area contributed by atoms with Gasteiger partial charge in [-0.05, 0) is 61.0 Å². The third-order valence-corrected chi connectivity index (χ3v) is 8.81. The number of esters is 2. The first-order valence-corrected chi connectivity index (χ1v) is 11.0. The summed E-state index contributed by atoms with van der Waals surface area (Å²) in [6.07, 6.45) is 3.77. The van der Waals surface area contributed by atoms with Crippen molar-refractivity contribution in [2.75, 3.05) is 13.7 Å². The normalized spacial score (nSPS) is 44.3. The molecule has 1 saturated heterocycles. The molecule has 1 N–H and O–H groups in total. The minimum atomic E-state index is -1.09. The number of hydrogen-bond acceptors (Lipinski definition) is 7. The van der Waals surface area contributed by atoms with Crippen molar-refractivity contribution in [3.8, 4) is 0 Å². The van der Waals surface area contributed by atoms with Gasteiger partial charge in [-0.25, -0.2) is 0 Å². The Labute approximate surface area is 176 Å². The molecule has 0 spiro atoms. The van der Waals surface area contributed by atoms with Gasteiger partial charge in [0.1, 0.15) is 17.3 Å². The van der Waals surface area contributed by atoms with Gasteiger partial charge in [-0.3, -0.25) is 9.59 Å². The topological polar surface area (TPSA) is 95.2 Å². The molecule has 0 unspecified atom stereocenters. The zero-order valence-electron chi connectivity index (χ0n) is 17.8. The van der Waals surface area contributed by atoms with Crippen molar-refractivity contribution < 1.29 is 33.3 Å². The fourth-order valence-corrected chi connectivity index (χ4v) is 7.67. The van der Waals surface area contributed by atoms with E-state index in [1.807, 2.05) is 0 Å². The fourth-order valence-electron chi connectivity index (χ4n) is 7.67. The van der Waals surface area contributed by atoms with Crippen molar-refractivity contribution in [3.05, 3.63) is 23.7 Å². The SMILES string of the molecule is COC(=O)[C@@]12CO[C@@H](O)[C@]3(CC[C@@H]1OC(C)=O)[C@H]1Cc4occc4[C@H](C)[C@@H]1CC[C@@H]23. The highest BCUT2D eigenvalue weighted by molar-refractivity contribution is 5.80. The third kappa shape index (κ3) is 2.39. The first-order valence-electron chi connectivity index (χ1n) is 11.0. The molecule has 7 heteroatoms. The van der Waals surface area contributed by atoms with Crippen LogP contribution in [-0.2, 0) is 30.2 Å². The molecule has 5 rings (SSSR count). The molecule has 1 aliphatic heterocycles. The van der Waals surface area contributed by atoms with Crippen molar-refractivity contribution in [1.29, 1.82) is 0 Å². The first-order chi connectivity index (χ1) is 14.4. The van der Waals surface area contributed by atoms with E-state index in [1.165, 1.54) is 19.6 Å². The van der Waals surface area contributed by atoms with E-state index in [0.29, 0.717) is 24.7 Å². The number of carbonyl (C=O) groups excluding carboxylic acids is 2. The van der Waals surface area contributed by atoms with Crippen molar-refractivity contribution >= 4 is 11.9 Å². The van der Waals surface area contributed by atoms with Crippen LogP contribution in [0.3, 0.4) is 0 Å². The lowest BCUT2D eigenvalue weighted by Gasteiger charge is -2.67. The van der Waals surface area contributed by atoms with Crippen LogP contribution >= 0.6 is 0 Å². The molecule has 2 bridgehead atoms. The Morgan fingerprint density at radius 1 is 1.27 bits per heavy atom. The van der Waals surface area contributed by atoms with Crippen LogP contribution in [0.4, 0.5) is 0 Å². The zero-order valence-corrected chi connectivity index (χ0v) is 17.8. The minimum Gasteiger partial charge on any atom is -0.469 e. The molecule has 3 fully saturated rings. The average Bonchev–Trinajstić information content (AvgIpc) is 3.20. The van der Waals surface area contributed by atoms with E-state index in [9.17, 15) is 14.7 Å². The number of aliphatic hydroxyl groups excluding tert-OH is 1. The van der Waals surface area contributed by atoms with E-state index in [1.54, 1.807) is 6.26 Å². The monoisotopic (exact) mass is 418 g/mol. The standard InChI is InChI=1S/C23H30O7/c1-12-14-4-5-18-22(16(14)10-17-15(12)7-9-28-17)8-6-19(30-13(2)24)23(18,20(25)27-3)11-29-21(22)26/h7,9,12,14,16,18-19,21,26H,4-6,8,10-11H2,1-3H3/t12-,14+,16+,18-,19+,21-,22-,23-/m1/s1. The summed E-state index contributed by atoms with van der Waals surface area (Å²) >= 11 is 0. The molecule has 1 aromatic rings. The summed E-state index contributed by atoms with van der Waals surface area (Å²) in [7, 11) is 1.37.